The van der Waals surface area contributed by atoms with Crippen LogP contribution in [0.15, 0.2) is 24.3 Å². The van der Waals surface area contributed by atoms with Crippen LogP contribution in [-0.2, 0) is 32.0 Å². The van der Waals surface area contributed by atoms with Crippen LogP contribution < -0.4 is 42.5 Å². The molecule has 0 radical (unpaired) electrons. The van der Waals surface area contributed by atoms with Crippen molar-refractivity contribution in [3.8, 4) is 0 Å². The van der Waals surface area contributed by atoms with Crippen molar-refractivity contribution in [1.29, 1.82) is 0 Å². The summed E-state index contributed by atoms with van der Waals surface area (Å²) in [5.41, 5.74) is 1.65. The maximum Gasteiger partial charge on any atom is 0.232 e. The van der Waals surface area contributed by atoms with Crippen LogP contribution in [0.4, 0.5) is 0 Å². The minimum Gasteiger partial charge on any atom is -0.354 e. The second-order valence-electron chi connectivity index (χ2n) is 10.2. The molecule has 2 fully saturated rings. The third kappa shape index (κ3) is 11.6. The van der Waals surface area contributed by atoms with Gasteiger partial charge in [-0.25, -0.2) is 0 Å². The number of carbonyl (C=O) groups is 4. The summed E-state index contributed by atoms with van der Waals surface area (Å²) in [6, 6.07) is 7.43. The predicted octanol–water partition coefficient (Wildman–Crippen LogP) is -2.37. The van der Waals surface area contributed by atoms with Crippen LogP contribution in [0.3, 0.4) is 0 Å². The lowest BCUT2D eigenvalue weighted by atomic mass is 9.93. The molecule has 0 spiro atoms. The van der Waals surface area contributed by atoms with Crippen molar-refractivity contribution in [3.63, 3.8) is 0 Å². The van der Waals surface area contributed by atoms with Crippen molar-refractivity contribution in [2.45, 2.75) is 25.7 Å². The van der Waals surface area contributed by atoms with Crippen LogP contribution in [0.2, 0.25) is 0 Å². The molecule has 0 bridgehead atoms. The third-order valence-electron chi connectivity index (χ3n) is 6.99. The topological polar surface area (TPSA) is 165 Å². The van der Waals surface area contributed by atoms with Crippen molar-refractivity contribution in [3.05, 3.63) is 35.4 Å². The van der Waals surface area contributed by atoms with Gasteiger partial charge >= 0.3 is 0 Å². The first kappa shape index (κ1) is 31.5. The number of nitrogens with one attached hydrogen (secondary N) is 8. The molecule has 2 aliphatic heterocycles. The van der Waals surface area contributed by atoms with Gasteiger partial charge in [-0.1, -0.05) is 24.3 Å². The van der Waals surface area contributed by atoms with E-state index in [1.54, 1.807) is 0 Å². The van der Waals surface area contributed by atoms with Gasteiger partial charge in [0.15, 0.2) is 0 Å². The number of rotatable bonds is 4. The first-order chi connectivity index (χ1) is 19.5. The van der Waals surface area contributed by atoms with E-state index in [1.165, 1.54) is 0 Å². The Labute approximate surface area is 236 Å². The van der Waals surface area contributed by atoms with E-state index in [4.69, 9.17) is 0 Å². The maximum absolute atomic E-state index is 12.9. The summed E-state index contributed by atoms with van der Waals surface area (Å²) < 4.78 is 0. The Hall–Kier alpha value is -3.06. The first-order valence-corrected chi connectivity index (χ1v) is 14.6. The Morgan fingerprint density at radius 1 is 0.425 bits per heavy atom. The minimum absolute atomic E-state index is 0.253. The van der Waals surface area contributed by atoms with Crippen LogP contribution in [-0.4, -0.2) is 102 Å². The number of benzene rings is 1. The minimum atomic E-state index is -0.854. The number of carbonyl (C=O) groups excluding carboxylic acids is 4. The van der Waals surface area contributed by atoms with Gasteiger partial charge in [0.05, 0.1) is 0 Å². The molecule has 2 heterocycles. The van der Waals surface area contributed by atoms with Crippen molar-refractivity contribution in [2.24, 2.45) is 11.8 Å². The summed E-state index contributed by atoms with van der Waals surface area (Å²) in [6.45, 7) is 7.83. The quantitative estimate of drug-likeness (QED) is 0.190. The molecule has 2 aliphatic rings. The number of hydrogen-bond donors (Lipinski definition) is 8. The van der Waals surface area contributed by atoms with E-state index in [2.05, 4.69) is 42.5 Å². The fourth-order valence-electron chi connectivity index (χ4n) is 4.66. The van der Waals surface area contributed by atoms with Gasteiger partial charge in [-0.15, -0.1) is 0 Å². The van der Waals surface area contributed by atoms with Crippen LogP contribution in [0, 0.1) is 11.8 Å². The molecule has 1 aromatic rings. The standard InChI is InChI=1S/C28H46N8O4/c37-25-23(26(38)34-16-12-30-8-1-7-29-11-15-33-25)19-21-3-5-22(6-4-21)20-24-27(39)35-17-13-31-9-2-10-32-14-18-36-28(24)40/h3-6,23-24,29-32H,1-2,7-20H2,(H,33,37)(H,34,38)(H,35,39)(H,36,40). The highest BCUT2D eigenvalue weighted by Gasteiger charge is 2.28. The lowest BCUT2D eigenvalue weighted by Crippen LogP contribution is -2.46. The molecule has 222 valence electrons. The molecule has 4 amide bonds. The monoisotopic (exact) mass is 558 g/mol. The first-order valence-electron chi connectivity index (χ1n) is 14.6. The van der Waals surface area contributed by atoms with E-state index in [0.29, 0.717) is 52.4 Å². The average molecular weight is 559 g/mol. The van der Waals surface area contributed by atoms with E-state index in [-0.39, 0.29) is 36.5 Å². The molecule has 1 aromatic carbocycles. The second kappa shape index (κ2) is 18.3. The molecule has 12 heteroatoms. The predicted molar refractivity (Wildman–Crippen MR) is 154 cm³/mol. The van der Waals surface area contributed by atoms with Crippen LogP contribution in [0.5, 0.6) is 0 Å². The summed E-state index contributed by atoms with van der Waals surface area (Å²) >= 11 is 0. The fraction of sp³-hybridized carbons (Fsp3) is 0.643. The SMILES string of the molecule is O=C1NCCNCCCNCCNC(=O)C1Cc1ccc(CC2C(=O)NCCNCCCNCCNC2=O)cc1. The summed E-state index contributed by atoms with van der Waals surface area (Å²) in [5.74, 6) is -2.91. The molecule has 40 heavy (non-hydrogen) atoms. The van der Waals surface area contributed by atoms with Crippen LogP contribution >= 0.6 is 0 Å². The highest BCUT2D eigenvalue weighted by atomic mass is 16.2. The van der Waals surface area contributed by atoms with Gasteiger partial charge in [0.2, 0.25) is 23.6 Å². The van der Waals surface area contributed by atoms with E-state index in [9.17, 15) is 19.2 Å². The van der Waals surface area contributed by atoms with Gasteiger partial charge in [-0.2, -0.15) is 0 Å². The third-order valence-corrected chi connectivity index (χ3v) is 6.99. The zero-order valence-corrected chi connectivity index (χ0v) is 23.4. The molecule has 12 nitrogen and oxygen atoms in total. The van der Waals surface area contributed by atoms with Gasteiger partial charge in [0.25, 0.3) is 0 Å². The molecule has 2 saturated heterocycles. The van der Waals surface area contributed by atoms with Gasteiger partial charge < -0.3 is 42.5 Å². The summed E-state index contributed by atoms with van der Waals surface area (Å²) in [6.07, 6.45) is 2.46. The molecule has 0 atom stereocenters. The molecule has 3 rings (SSSR count). The summed E-state index contributed by atoms with van der Waals surface area (Å²) in [4.78, 5) is 51.5. The average Bonchev–Trinajstić information content (AvgIpc) is 2.95. The normalized spacial score (nSPS) is 21.2. The largest absolute Gasteiger partial charge is 0.354 e. The van der Waals surface area contributed by atoms with Crippen molar-refractivity contribution in [2.75, 3.05) is 78.5 Å². The molecule has 0 aliphatic carbocycles. The zero-order chi connectivity index (χ0) is 28.4. The maximum atomic E-state index is 12.9. The highest BCUT2D eigenvalue weighted by molar-refractivity contribution is 6.01. The molecule has 0 unspecified atom stereocenters. The van der Waals surface area contributed by atoms with Crippen LogP contribution in [0.25, 0.3) is 0 Å². The summed E-state index contributed by atoms with van der Waals surface area (Å²) in [5, 5.41) is 24.6. The van der Waals surface area contributed by atoms with E-state index in [0.717, 1.165) is 50.1 Å². The Morgan fingerprint density at radius 2 is 0.700 bits per heavy atom. The molecule has 0 saturated carbocycles. The van der Waals surface area contributed by atoms with Gasteiger partial charge in [0.1, 0.15) is 11.8 Å². The van der Waals surface area contributed by atoms with E-state index >= 15 is 0 Å². The Kier molecular flexibility index (Phi) is 14.4. The molecular formula is C28H46N8O4. The van der Waals surface area contributed by atoms with Crippen LogP contribution in [0.1, 0.15) is 24.0 Å². The Bertz CT molecular complexity index is 820. The highest BCUT2D eigenvalue weighted by Crippen LogP contribution is 2.15. The summed E-state index contributed by atoms with van der Waals surface area (Å²) in [7, 11) is 0. The molecular weight excluding hydrogens is 512 g/mol. The Morgan fingerprint density at radius 3 is 0.975 bits per heavy atom. The fourth-order valence-corrected chi connectivity index (χ4v) is 4.66. The molecule has 8 N–H and O–H groups in total. The smallest absolute Gasteiger partial charge is 0.232 e. The second-order valence-corrected chi connectivity index (χ2v) is 10.2. The van der Waals surface area contributed by atoms with E-state index < -0.39 is 11.8 Å². The van der Waals surface area contributed by atoms with Crippen molar-refractivity contribution >= 4 is 23.6 Å². The van der Waals surface area contributed by atoms with E-state index in [1.807, 2.05) is 24.3 Å². The van der Waals surface area contributed by atoms with Gasteiger partial charge in [-0.3, -0.25) is 19.2 Å². The number of amides is 4. The van der Waals surface area contributed by atoms with Gasteiger partial charge in [-0.05, 0) is 63.0 Å². The van der Waals surface area contributed by atoms with Crippen molar-refractivity contribution < 1.29 is 19.2 Å². The molecule has 0 aromatic heterocycles. The lowest BCUT2D eigenvalue weighted by molar-refractivity contribution is -0.136. The van der Waals surface area contributed by atoms with Crippen molar-refractivity contribution in [1.82, 2.24) is 42.5 Å². The lowest BCUT2D eigenvalue weighted by Gasteiger charge is -2.19. The zero-order valence-electron chi connectivity index (χ0n) is 23.4. The Balaban J connectivity index is 1.62. The number of hydrogen-bond acceptors (Lipinski definition) is 8. The van der Waals surface area contributed by atoms with Gasteiger partial charge in [0, 0.05) is 52.4 Å².